The maximum atomic E-state index is 12.1. The predicted octanol–water partition coefficient (Wildman–Crippen LogP) is 1.000. The zero-order chi connectivity index (χ0) is 13.3. The minimum Gasteiger partial charge on any atom is -0.366 e. The van der Waals surface area contributed by atoms with Crippen LogP contribution < -0.4 is 5.73 Å². The van der Waals surface area contributed by atoms with Crippen LogP contribution in [0.5, 0.6) is 0 Å². The first-order chi connectivity index (χ1) is 8.52. The van der Waals surface area contributed by atoms with E-state index in [1.165, 1.54) is 0 Å². The molecule has 2 rings (SSSR count). The summed E-state index contributed by atoms with van der Waals surface area (Å²) in [5, 5.41) is 4.76. The fraction of sp³-hybridized carbons (Fsp3) is 0.667. The molecule has 1 aromatic heterocycles. The summed E-state index contributed by atoms with van der Waals surface area (Å²) in [5.74, 6) is 0.0517. The fourth-order valence-electron chi connectivity index (χ4n) is 2.27. The van der Waals surface area contributed by atoms with Gasteiger partial charge in [-0.2, -0.15) is 5.10 Å². The number of ketones is 1. The molecule has 1 aromatic rings. The van der Waals surface area contributed by atoms with Crippen molar-refractivity contribution in [3.8, 4) is 0 Å². The van der Waals surface area contributed by atoms with E-state index in [9.17, 15) is 4.79 Å². The highest BCUT2D eigenvalue weighted by Gasteiger charge is 2.30. The molecule has 0 aromatic carbocycles. The van der Waals surface area contributed by atoms with E-state index < -0.39 is 0 Å². The van der Waals surface area contributed by atoms with E-state index >= 15 is 0 Å². The van der Waals surface area contributed by atoms with Crippen molar-refractivity contribution in [2.45, 2.75) is 38.4 Å². The Morgan fingerprint density at radius 2 is 2.33 bits per heavy atom. The molecule has 5 nitrogen and oxygen atoms in total. The van der Waals surface area contributed by atoms with Gasteiger partial charge in [-0.1, -0.05) is 11.6 Å². The predicted molar refractivity (Wildman–Crippen MR) is 68.6 cm³/mol. The zero-order valence-corrected chi connectivity index (χ0v) is 11.4. The fourth-order valence-corrected chi connectivity index (χ4v) is 2.49. The Hall–Kier alpha value is -0.910. The van der Waals surface area contributed by atoms with E-state index in [-0.39, 0.29) is 24.4 Å². The third-order valence-electron chi connectivity index (χ3n) is 3.33. The summed E-state index contributed by atoms with van der Waals surface area (Å²) in [6.07, 6.45) is 1.53. The maximum Gasteiger partial charge on any atom is 0.167 e. The Morgan fingerprint density at radius 3 is 2.83 bits per heavy atom. The summed E-state index contributed by atoms with van der Waals surface area (Å²) >= 11 is 6.12. The van der Waals surface area contributed by atoms with Crippen LogP contribution in [0.25, 0.3) is 0 Å². The molecule has 100 valence electrons. The van der Waals surface area contributed by atoms with Crippen molar-refractivity contribution in [3.63, 3.8) is 0 Å². The minimum absolute atomic E-state index is 0.0164. The van der Waals surface area contributed by atoms with Crippen molar-refractivity contribution < 1.29 is 9.53 Å². The first-order valence-electron chi connectivity index (χ1n) is 6.09. The van der Waals surface area contributed by atoms with Crippen molar-refractivity contribution in [3.05, 3.63) is 16.4 Å². The molecule has 0 bridgehead atoms. The van der Waals surface area contributed by atoms with Gasteiger partial charge in [0.15, 0.2) is 5.78 Å². The number of nitrogens with two attached hydrogens (primary N) is 1. The van der Waals surface area contributed by atoms with Crippen molar-refractivity contribution in [1.29, 1.82) is 0 Å². The van der Waals surface area contributed by atoms with E-state index in [1.54, 1.807) is 11.7 Å². The summed E-state index contributed by atoms with van der Waals surface area (Å²) in [6.45, 7) is 2.29. The number of hydrogen-bond acceptors (Lipinski definition) is 4. The van der Waals surface area contributed by atoms with Gasteiger partial charge in [0.1, 0.15) is 6.10 Å². The summed E-state index contributed by atoms with van der Waals surface area (Å²) in [5.41, 5.74) is 7.02. The second kappa shape index (κ2) is 5.38. The summed E-state index contributed by atoms with van der Waals surface area (Å²) < 4.78 is 7.24. The van der Waals surface area contributed by atoms with E-state index in [4.69, 9.17) is 22.1 Å². The second-order valence-corrected chi connectivity index (χ2v) is 5.05. The Kier molecular flexibility index (Phi) is 4.04. The first-order valence-corrected chi connectivity index (χ1v) is 6.47. The highest BCUT2D eigenvalue weighted by Crippen LogP contribution is 2.24. The molecular formula is C12H18ClN3O2. The van der Waals surface area contributed by atoms with Crippen molar-refractivity contribution in [2.75, 3.05) is 6.54 Å². The molecule has 0 aliphatic carbocycles. The average Bonchev–Trinajstić information content (AvgIpc) is 2.90. The van der Waals surface area contributed by atoms with Gasteiger partial charge in [0, 0.05) is 13.6 Å². The normalized spacial score (nSPS) is 23.6. The molecule has 0 saturated carbocycles. The molecule has 0 amide bonds. The number of carbonyl (C=O) groups excluding carboxylic acids is 1. The maximum absolute atomic E-state index is 12.1. The van der Waals surface area contributed by atoms with Gasteiger partial charge in [-0.3, -0.25) is 9.48 Å². The monoisotopic (exact) mass is 271 g/mol. The Balaban J connectivity index is 2.03. The Morgan fingerprint density at radius 1 is 1.61 bits per heavy atom. The van der Waals surface area contributed by atoms with Crippen LogP contribution in [0.3, 0.4) is 0 Å². The summed E-state index contributed by atoms with van der Waals surface area (Å²) in [7, 11) is 1.79. The molecule has 1 aliphatic heterocycles. The molecular weight excluding hydrogens is 254 g/mol. The zero-order valence-electron chi connectivity index (χ0n) is 10.6. The van der Waals surface area contributed by atoms with Crippen LogP contribution in [-0.4, -0.2) is 34.3 Å². The second-order valence-electron chi connectivity index (χ2n) is 4.67. The third-order valence-corrected chi connectivity index (χ3v) is 3.82. The molecule has 1 saturated heterocycles. The van der Waals surface area contributed by atoms with Gasteiger partial charge >= 0.3 is 0 Å². The molecule has 1 aliphatic rings. The number of hydrogen-bond donors (Lipinski definition) is 1. The van der Waals surface area contributed by atoms with Gasteiger partial charge in [-0.15, -0.1) is 0 Å². The number of aromatic nitrogens is 2. The molecule has 2 heterocycles. The van der Waals surface area contributed by atoms with E-state index in [2.05, 4.69) is 5.10 Å². The van der Waals surface area contributed by atoms with Gasteiger partial charge in [0.2, 0.25) is 0 Å². The van der Waals surface area contributed by atoms with Crippen molar-refractivity contribution in [1.82, 2.24) is 9.78 Å². The quantitative estimate of drug-likeness (QED) is 0.887. The van der Waals surface area contributed by atoms with Gasteiger partial charge in [0.25, 0.3) is 0 Å². The molecule has 0 spiro atoms. The van der Waals surface area contributed by atoms with Crippen molar-refractivity contribution >= 4 is 17.4 Å². The van der Waals surface area contributed by atoms with Crippen LogP contribution in [0, 0.1) is 6.92 Å². The Bertz CT molecular complexity index is 458. The van der Waals surface area contributed by atoms with Crippen LogP contribution in [0.2, 0.25) is 5.02 Å². The molecule has 1 fully saturated rings. The Labute approximate surface area is 111 Å². The van der Waals surface area contributed by atoms with Crippen molar-refractivity contribution in [2.24, 2.45) is 12.8 Å². The highest BCUT2D eigenvalue weighted by atomic mass is 35.5. The lowest BCUT2D eigenvalue weighted by Crippen LogP contribution is -2.26. The topological polar surface area (TPSA) is 70.1 Å². The molecule has 2 unspecified atom stereocenters. The van der Waals surface area contributed by atoms with Crippen LogP contribution >= 0.6 is 11.6 Å². The van der Waals surface area contributed by atoms with Gasteiger partial charge in [-0.05, 0) is 19.8 Å². The highest BCUT2D eigenvalue weighted by molar-refractivity contribution is 6.32. The molecule has 0 radical (unpaired) electrons. The van der Waals surface area contributed by atoms with Crippen LogP contribution in [0.15, 0.2) is 0 Å². The van der Waals surface area contributed by atoms with Gasteiger partial charge < -0.3 is 10.5 Å². The van der Waals surface area contributed by atoms with Crippen LogP contribution in [-0.2, 0) is 23.0 Å². The number of aryl methyl sites for hydroxylation is 2. The summed E-state index contributed by atoms with van der Waals surface area (Å²) in [6, 6.07) is 0. The lowest BCUT2D eigenvalue weighted by molar-refractivity contribution is -0.129. The molecule has 18 heavy (non-hydrogen) atoms. The van der Waals surface area contributed by atoms with Gasteiger partial charge in [-0.25, -0.2) is 0 Å². The number of rotatable bonds is 4. The SMILES string of the molecule is Cc1nn(C)c(CC(=O)C2CCC(CN)O2)c1Cl. The largest absolute Gasteiger partial charge is 0.366 e. The van der Waals surface area contributed by atoms with Crippen LogP contribution in [0.1, 0.15) is 24.2 Å². The smallest absolute Gasteiger partial charge is 0.167 e. The molecule has 2 atom stereocenters. The standard InChI is InChI=1S/C12H18ClN3O2/c1-7-12(13)9(16(2)15-7)5-10(17)11-4-3-8(6-14)18-11/h8,11H,3-6,14H2,1-2H3. The third kappa shape index (κ3) is 2.58. The lowest BCUT2D eigenvalue weighted by atomic mass is 10.1. The van der Waals surface area contributed by atoms with Gasteiger partial charge in [0.05, 0.1) is 28.9 Å². The van der Waals surface area contributed by atoms with E-state index in [0.29, 0.717) is 11.6 Å². The number of ether oxygens (including phenoxy) is 1. The summed E-state index contributed by atoms with van der Waals surface area (Å²) in [4.78, 5) is 12.1. The van der Waals surface area contributed by atoms with Crippen LogP contribution in [0.4, 0.5) is 0 Å². The average molecular weight is 272 g/mol. The van der Waals surface area contributed by atoms with E-state index in [0.717, 1.165) is 24.2 Å². The molecule has 6 heteroatoms. The number of Topliss-reactive ketones (excluding diaryl/α,β-unsaturated/α-hetero) is 1. The lowest BCUT2D eigenvalue weighted by Gasteiger charge is -2.11. The number of halogens is 1. The number of nitrogens with zero attached hydrogens (tertiary/aromatic N) is 2. The minimum atomic E-state index is -0.343. The van der Waals surface area contributed by atoms with E-state index in [1.807, 2.05) is 6.92 Å². The first kappa shape index (κ1) is 13.5. The number of carbonyl (C=O) groups is 1. The molecule has 2 N–H and O–H groups in total.